The molecule has 0 aliphatic carbocycles. The van der Waals surface area contributed by atoms with E-state index in [1.807, 2.05) is 0 Å². The minimum atomic E-state index is -0.880. The summed E-state index contributed by atoms with van der Waals surface area (Å²) in [5.41, 5.74) is -1.19. The lowest BCUT2D eigenvalue weighted by atomic mass is 10.1. The zero-order valence-corrected chi connectivity index (χ0v) is 14.5. The topological polar surface area (TPSA) is 74.1 Å². The van der Waals surface area contributed by atoms with E-state index in [1.54, 1.807) is 6.92 Å². The van der Waals surface area contributed by atoms with Crippen molar-refractivity contribution < 1.29 is 18.3 Å². The molecular weight excluding hydrogens is 376 g/mol. The number of aryl methyl sites for hydroxylation is 1. The van der Waals surface area contributed by atoms with Gasteiger partial charge in [0.25, 0.3) is 0 Å². The molecule has 0 bridgehead atoms. The molecule has 0 spiro atoms. The molecule has 0 N–H and O–H groups in total. The Hall–Kier alpha value is -2.39. The minimum Gasteiger partial charge on any atom is -0.462 e. The fourth-order valence-electron chi connectivity index (χ4n) is 2.32. The summed E-state index contributed by atoms with van der Waals surface area (Å²) in [6.07, 6.45) is 2.12. The molecule has 0 atom stereocenters. The van der Waals surface area contributed by atoms with Crippen molar-refractivity contribution in [1.29, 1.82) is 0 Å². The van der Waals surface area contributed by atoms with Gasteiger partial charge in [-0.3, -0.25) is 9.36 Å². The van der Waals surface area contributed by atoms with Crippen molar-refractivity contribution in [3.63, 3.8) is 0 Å². The van der Waals surface area contributed by atoms with Gasteiger partial charge >= 0.3 is 5.97 Å². The van der Waals surface area contributed by atoms with Crippen molar-refractivity contribution in [3.8, 4) is 5.13 Å². The van der Waals surface area contributed by atoms with Crippen LogP contribution < -0.4 is 5.43 Å². The number of fused-ring (bicyclic) bond motifs is 1. The number of ether oxygens (including phenoxy) is 1. The highest BCUT2D eigenvalue weighted by Crippen LogP contribution is 2.26. The number of pyridine rings is 2. The molecule has 3 rings (SSSR count). The van der Waals surface area contributed by atoms with Crippen LogP contribution in [-0.4, -0.2) is 27.1 Å². The van der Waals surface area contributed by atoms with Gasteiger partial charge in [0.1, 0.15) is 5.56 Å². The van der Waals surface area contributed by atoms with Crippen LogP contribution >= 0.6 is 22.9 Å². The summed E-state index contributed by atoms with van der Waals surface area (Å²) >= 11 is 6.44. The number of hydrogen-bond acceptors (Lipinski definition) is 6. The van der Waals surface area contributed by atoms with Crippen molar-refractivity contribution in [3.05, 3.63) is 49.8 Å². The Kier molecular flexibility index (Phi) is 4.53. The van der Waals surface area contributed by atoms with Crippen molar-refractivity contribution >= 4 is 39.9 Å². The number of carbonyl (C=O) groups is 1. The summed E-state index contributed by atoms with van der Waals surface area (Å²) in [7, 11) is 0. The molecule has 0 aliphatic rings. The van der Waals surface area contributed by atoms with Gasteiger partial charge in [0, 0.05) is 11.8 Å². The third kappa shape index (κ3) is 2.89. The first-order valence-corrected chi connectivity index (χ1v) is 8.24. The maximum atomic E-state index is 14.1. The third-order valence-electron chi connectivity index (χ3n) is 3.44. The number of halogens is 3. The van der Waals surface area contributed by atoms with Crippen LogP contribution in [-0.2, 0) is 4.74 Å². The Morgan fingerprint density at radius 2 is 2.16 bits per heavy atom. The van der Waals surface area contributed by atoms with Crippen molar-refractivity contribution in [2.75, 3.05) is 6.61 Å². The van der Waals surface area contributed by atoms with Gasteiger partial charge in [-0.25, -0.2) is 19.2 Å². The third-order valence-corrected chi connectivity index (χ3v) is 4.47. The summed E-state index contributed by atoms with van der Waals surface area (Å²) in [5, 5.41) is -1.07. The number of carbonyl (C=O) groups excluding carboxylic acids is 1. The molecule has 130 valence electrons. The highest BCUT2D eigenvalue weighted by molar-refractivity contribution is 7.12. The van der Waals surface area contributed by atoms with E-state index in [4.69, 9.17) is 16.3 Å². The van der Waals surface area contributed by atoms with E-state index < -0.39 is 27.5 Å². The second-order valence-corrected chi connectivity index (χ2v) is 6.27. The predicted molar refractivity (Wildman–Crippen MR) is 88.6 cm³/mol. The molecule has 6 nitrogen and oxygen atoms in total. The van der Waals surface area contributed by atoms with Crippen LogP contribution in [0, 0.1) is 17.9 Å². The Labute approximate surface area is 148 Å². The fourth-order valence-corrected chi connectivity index (χ4v) is 3.16. The van der Waals surface area contributed by atoms with Crippen molar-refractivity contribution in [2.24, 2.45) is 0 Å². The summed E-state index contributed by atoms with van der Waals surface area (Å²) < 4.78 is 33.6. The number of esters is 1. The summed E-state index contributed by atoms with van der Waals surface area (Å²) in [5.74, 6) is -1.75. The van der Waals surface area contributed by atoms with Gasteiger partial charge in [-0.05, 0) is 13.8 Å². The van der Waals surface area contributed by atoms with Gasteiger partial charge < -0.3 is 4.74 Å². The quantitative estimate of drug-likeness (QED) is 0.511. The molecule has 3 aromatic rings. The van der Waals surface area contributed by atoms with Gasteiger partial charge in [-0.15, -0.1) is 0 Å². The lowest BCUT2D eigenvalue weighted by molar-refractivity contribution is 0.0524. The van der Waals surface area contributed by atoms with Crippen LogP contribution in [0.25, 0.3) is 16.2 Å². The van der Waals surface area contributed by atoms with Gasteiger partial charge in [0.05, 0.1) is 18.2 Å². The molecule has 0 aliphatic heterocycles. The Morgan fingerprint density at radius 1 is 1.44 bits per heavy atom. The number of rotatable bonds is 3. The van der Waals surface area contributed by atoms with Gasteiger partial charge in [-0.1, -0.05) is 22.9 Å². The van der Waals surface area contributed by atoms with Crippen LogP contribution in [0.2, 0.25) is 5.15 Å². The van der Waals surface area contributed by atoms with E-state index in [-0.39, 0.29) is 33.9 Å². The Bertz CT molecular complexity index is 1060. The molecule has 3 heterocycles. The van der Waals surface area contributed by atoms with E-state index in [9.17, 15) is 18.4 Å². The van der Waals surface area contributed by atoms with Crippen LogP contribution in [0.5, 0.6) is 0 Å². The monoisotopic (exact) mass is 385 g/mol. The maximum absolute atomic E-state index is 14.1. The Morgan fingerprint density at radius 3 is 2.76 bits per heavy atom. The van der Waals surface area contributed by atoms with E-state index in [0.29, 0.717) is 11.3 Å². The molecule has 0 saturated heterocycles. The lowest BCUT2D eigenvalue weighted by Gasteiger charge is -2.12. The van der Waals surface area contributed by atoms with E-state index in [1.165, 1.54) is 11.5 Å². The number of hydrogen-bond donors (Lipinski definition) is 0. The average Bonchev–Trinajstić information content (AvgIpc) is 2.99. The largest absolute Gasteiger partial charge is 0.462 e. The Balaban J connectivity index is 2.47. The number of nitrogens with zero attached hydrogens (tertiary/aromatic N) is 3. The number of aromatic nitrogens is 3. The fraction of sp³-hybridized carbons (Fsp3) is 0.200. The van der Waals surface area contributed by atoms with Crippen molar-refractivity contribution in [1.82, 2.24) is 14.5 Å². The highest BCUT2D eigenvalue weighted by atomic mass is 35.5. The lowest BCUT2D eigenvalue weighted by Crippen LogP contribution is -2.22. The molecule has 25 heavy (non-hydrogen) atoms. The molecule has 3 aromatic heterocycles. The number of thiazole rings is 1. The highest BCUT2D eigenvalue weighted by Gasteiger charge is 2.23. The van der Waals surface area contributed by atoms with Crippen molar-refractivity contribution in [2.45, 2.75) is 13.8 Å². The second kappa shape index (κ2) is 6.49. The molecule has 0 radical (unpaired) electrons. The standard InChI is InChI=1S/C15H10ClF2N3O3S/c1-3-24-14(23)7-5-21(15-19-4-8(17)25-15)13-9(11(7)22)6(2)10(18)12(16)20-13/h4-5H,3H2,1-2H3. The average molecular weight is 386 g/mol. The first-order valence-electron chi connectivity index (χ1n) is 7.05. The minimum absolute atomic E-state index is 0.0312. The first kappa shape index (κ1) is 17.4. The smallest absolute Gasteiger partial charge is 0.343 e. The zero-order valence-electron chi connectivity index (χ0n) is 13.0. The van der Waals surface area contributed by atoms with E-state index in [0.717, 1.165) is 12.4 Å². The molecule has 0 saturated carbocycles. The van der Waals surface area contributed by atoms with Crippen LogP contribution in [0.1, 0.15) is 22.8 Å². The molecule has 0 amide bonds. The normalized spacial score (nSPS) is 11.1. The predicted octanol–water partition coefficient (Wildman–Crippen LogP) is 3.26. The molecular formula is C15H10ClF2N3O3S. The summed E-state index contributed by atoms with van der Waals surface area (Å²) in [4.78, 5) is 32.5. The summed E-state index contributed by atoms with van der Waals surface area (Å²) in [6.45, 7) is 2.97. The van der Waals surface area contributed by atoms with E-state index in [2.05, 4.69) is 9.97 Å². The van der Waals surface area contributed by atoms with Gasteiger partial charge in [-0.2, -0.15) is 4.39 Å². The second-order valence-electron chi connectivity index (χ2n) is 4.95. The first-order chi connectivity index (χ1) is 11.8. The van der Waals surface area contributed by atoms with Gasteiger partial charge in [0.2, 0.25) is 5.43 Å². The van der Waals surface area contributed by atoms with E-state index >= 15 is 0 Å². The molecule has 0 unspecified atom stereocenters. The SMILES string of the molecule is CCOC(=O)c1cn(-c2ncc(F)s2)c2nc(Cl)c(F)c(C)c2c1=O. The maximum Gasteiger partial charge on any atom is 0.343 e. The van der Waals surface area contributed by atoms with Crippen LogP contribution in [0.3, 0.4) is 0 Å². The summed E-state index contributed by atoms with van der Waals surface area (Å²) in [6, 6.07) is 0. The zero-order chi connectivity index (χ0) is 18.3. The van der Waals surface area contributed by atoms with Crippen LogP contribution in [0.4, 0.5) is 8.78 Å². The molecule has 10 heteroatoms. The molecule has 0 aromatic carbocycles. The molecule has 0 fully saturated rings. The van der Waals surface area contributed by atoms with Crippen LogP contribution in [0.15, 0.2) is 17.2 Å². The van der Waals surface area contributed by atoms with Gasteiger partial charge in [0.15, 0.2) is 26.9 Å².